The number of ether oxygens (including phenoxy) is 2. The minimum absolute atomic E-state index is 0.0587. The van der Waals surface area contributed by atoms with E-state index in [2.05, 4.69) is 0 Å². The lowest BCUT2D eigenvalue weighted by Crippen LogP contribution is -2.46. The highest BCUT2D eigenvalue weighted by atomic mass is 28.4. The average molecular weight is 480 g/mol. The molecule has 1 unspecified atom stereocenters. The summed E-state index contributed by atoms with van der Waals surface area (Å²) in [6, 6.07) is 17.4. The van der Waals surface area contributed by atoms with Crippen molar-refractivity contribution in [2.75, 3.05) is 18.6 Å². The first kappa shape index (κ1) is 23.0. The molecule has 0 radical (unpaired) electrons. The van der Waals surface area contributed by atoms with E-state index in [4.69, 9.17) is 9.47 Å². The van der Waals surface area contributed by atoms with Crippen LogP contribution in [-0.4, -0.2) is 39.2 Å². The molecular formula is C27H30FNO4Si. The minimum atomic E-state index is -3.10. The molecule has 3 aromatic carbocycles. The highest BCUT2D eigenvalue weighted by Crippen LogP contribution is 2.49. The maximum absolute atomic E-state index is 15.2. The van der Waals surface area contributed by atoms with E-state index in [0.29, 0.717) is 17.7 Å². The van der Waals surface area contributed by atoms with Crippen molar-refractivity contribution < 1.29 is 23.5 Å². The van der Waals surface area contributed by atoms with Crippen molar-refractivity contribution in [3.63, 3.8) is 0 Å². The summed E-state index contributed by atoms with van der Waals surface area (Å²) < 4.78 is 27.5. The number of nitrogens with zero attached hydrogens (tertiary/aromatic N) is 1. The van der Waals surface area contributed by atoms with Crippen LogP contribution in [0.25, 0.3) is 10.8 Å². The Morgan fingerprint density at radius 2 is 1.91 bits per heavy atom. The number of aliphatic hydroxyl groups excluding tert-OH is 1. The number of anilines is 2. The van der Waals surface area contributed by atoms with E-state index in [9.17, 15) is 9.90 Å². The summed E-state index contributed by atoms with van der Waals surface area (Å²) in [7, 11) is -1.45. The van der Waals surface area contributed by atoms with E-state index in [1.807, 2.05) is 61.5 Å². The van der Waals surface area contributed by atoms with E-state index in [-0.39, 0.29) is 30.1 Å². The lowest BCUT2D eigenvalue weighted by Gasteiger charge is -2.43. The molecule has 1 N–H and O–H groups in total. The van der Waals surface area contributed by atoms with E-state index in [0.717, 1.165) is 27.7 Å². The number of carbonyl (C=O) groups excluding carboxylic acids is 1. The largest absolute Gasteiger partial charge is 0.490 e. The average Bonchev–Trinajstić information content (AvgIpc) is 3.10. The number of hydrogen-bond donors (Lipinski definition) is 1. The molecule has 4 atom stereocenters. The van der Waals surface area contributed by atoms with Gasteiger partial charge in [-0.2, -0.15) is 0 Å². The molecule has 5 nitrogen and oxygen atoms in total. The van der Waals surface area contributed by atoms with Crippen LogP contribution < -0.4 is 9.64 Å². The minimum Gasteiger partial charge on any atom is -0.490 e. The number of methoxy groups -OCH3 is 1. The number of fused-ring (bicyclic) bond motifs is 1. The third-order valence-electron chi connectivity index (χ3n) is 7.35. The van der Waals surface area contributed by atoms with Gasteiger partial charge in [-0.15, -0.1) is 0 Å². The Morgan fingerprint density at radius 3 is 2.59 bits per heavy atom. The Kier molecular flexibility index (Phi) is 5.74. The molecule has 0 fully saturated rings. The smallest absolute Gasteiger partial charge is 0.263 e. The molecule has 2 heterocycles. The maximum Gasteiger partial charge on any atom is 0.263 e. The van der Waals surface area contributed by atoms with Crippen molar-refractivity contribution >= 4 is 36.5 Å². The second-order valence-corrected chi connectivity index (χ2v) is 13.7. The molecule has 0 aliphatic carbocycles. The van der Waals surface area contributed by atoms with Gasteiger partial charge in [0, 0.05) is 41.8 Å². The zero-order chi connectivity index (χ0) is 24.2. The molecule has 0 saturated carbocycles. The fraction of sp³-hybridized carbons (Fsp3) is 0.370. The molecule has 0 aromatic heterocycles. The van der Waals surface area contributed by atoms with Gasteiger partial charge in [0.1, 0.15) is 11.9 Å². The van der Waals surface area contributed by atoms with Crippen molar-refractivity contribution in [2.24, 2.45) is 5.92 Å². The maximum atomic E-state index is 15.2. The Morgan fingerprint density at radius 1 is 1.18 bits per heavy atom. The quantitative estimate of drug-likeness (QED) is 0.341. The Hall–Kier alpha value is -2.74. The third kappa shape index (κ3) is 3.54. The van der Waals surface area contributed by atoms with Crippen molar-refractivity contribution in [3.8, 4) is 5.75 Å². The van der Waals surface area contributed by atoms with Crippen molar-refractivity contribution in [1.29, 1.82) is 0 Å². The molecular weight excluding hydrogens is 449 g/mol. The highest BCUT2D eigenvalue weighted by molar-refractivity contribution is 6.72. The summed E-state index contributed by atoms with van der Waals surface area (Å²) in [5, 5.41) is 11.6. The van der Waals surface area contributed by atoms with Crippen LogP contribution in [-0.2, 0) is 4.74 Å². The fourth-order valence-corrected chi connectivity index (χ4v) is 7.68. The summed E-state index contributed by atoms with van der Waals surface area (Å²) in [6.07, 6.45) is -0.352. The monoisotopic (exact) mass is 479 g/mol. The number of benzene rings is 3. The summed E-state index contributed by atoms with van der Waals surface area (Å²) >= 11 is 0. The van der Waals surface area contributed by atoms with E-state index in [1.54, 1.807) is 25.1 Å². The summed E-state index contributed by atoms with van der Waals surface area (Å²) in [6.45, 7) is 5.27. The number of aliphatic hydroxyl groups is 1. The number of hydrogen-bond acceptors (Lipinski definition) is 4. The molecule has 5 rings (SSSR count). The van der Waals surface area contributed by atoms with Gasteiger partial charge in [0.15, 0.2) is 0 Å². The normalized spacial score (nSPS) is 22.6. The van der Waals surface area contributed by atoms with Gasteiger partial charge in [-0.05, 0) is 55.2 Å². The van der Waals surface area contributed by atoms with Crippen LogP contribution in [0.1, 0.15) is 35.4 Å². The van der Waals surface area contributed by atoms with Gasteiger partial charge in [0.25, 0.3) is 5.91 Å². The molecule has 2 aliphatic rings. The first-order valence-electron chi connectivity index (χ1n) is 11.8. The molecule has 34 heavy (non-hydrogen) atoms. The van der Waals surface area contributed by atoms with Gasteiger partial charge in [0.2, 0.25) is 8.41 Å². The van der Waals surface area contributed by atoms with E-state index in [1.165, 1.54) is 0 Å². The van der Waals surface area contributed by atoms with Crippen LogP contribution in [0.3, 0.4) is 0 Å². The Labute approximate surface area is 200 Å². The topological polar surface area (TPSA) is 59.0 Å². The van der Waals surface area contributed by atoms with Crippen LogP contribution in [0.15, 0.2) is 54.6 Å². The summed E-state index contributed by atoms with van der Waals surface area (Å²) in [5.41, 5.74) is 2.80. The standard InChI is InChI=1S/C27H30FNO4Si/c1-16-25(32-2)20-15-18(11-12-22(20)33-26(16)23(13-14-30)34(3,4)28)29-21-10-6-8-17-7-5-9-19(24(17)21)27(29)31/h5-12,15-16,23,25-26,30H,13-14H2,1-4H3/t16-,23?,25-,26-/m1/s1. The molecule has 0 bridgehead atoms. The zero-order valence-electron chi connectivity index (χ0n) is 19.9. The van der Waals surface area contributed by atoms with E-state index >= 15 is 4.11 Å². The summed E-state index contributed by atoms with van der Waals surface area (Å²) in [4.78, 5) is 15.1. The first-order chi connectivity index (χ1) is 16.3. The number of rotatable bonds is 6. The lowest BCUT2D eigenvalue weighted by molar-refractivity contribution is -0.0250. The van der Waals surface area contributed by atoms with E-state index < -0.39 is 14.5 Å². The van der Waals surface area contributed by atoms with Gasteiger partial charge in [0.05, 0.1) is 17.4 Å². The lowest BCUT2D eigenvalue weighted by atomic mass is 9.86. The number of carbonyl (C=O) groups is 1. The molecule has 2 aliphatic heterocycles. The molecule has 178 valence electrons. The van der Waals surface area contributed by atoms with Crippen molar-refractivity contribution in [3.05, 3.63) is 65.7 Å². The van der Waals surface area contributed by atoms with Gasteiger partial charge in [-0.25, -0.2) is 0 Å². The Bertz CT molecular complexity index is 1250. The molecule has 1 amide bonds. The third-order valence-corrected chi connectivity index (χ3v) is 9.73. The number of halogens is 1. The van der Waals surface area contributed by atoms with Gasteiger partial charge >= 0.3 is 0 Å². The van der Waals surface area contributed by atoms with Crippen LogP contribution in [0, 0.1) is 5.92 Å². The first-order valence-corrected chi connectivity index (χ1v) is 14.7. The van der Waals surface area contributed by atoms with Crippen molar-refractivity contribution in [2.45, 2.75) is 44.2 Å². The second-order valence-electron chi connectivity index (χ2n) is 9.82. The summed E-state index contributed by atoms with van der Waals surface area (Å²) in [5.74, 6) is 0.459. The van der Waals surface area contributed by atoms with Crippen LogP contribution >= 0.6 is 0 Å². The molecule has 3 aromatic rings. The van der Waals surface area contributed by atoms with Crippen molar-refractivity contribution in [1.82, 2.24) is 0 Å². The van der Waals surface area contributed by atoms with Crippen LogP contribution in [0.4, 0.5) is 15.5 Å². The zero-order valence-corrected chi connectivity index (χ0v) is 20.9. The second kappa shape index (κ2) is 8.48. The van der Waals surface area contributed by atoms with Gasteiger partial charge < -0.3 is 18.7 Å². The SMILES string of the molecule is CO[C@H]1c2cc(N3C(=O)c4cccc5cccc3c45)ccc2O[C@@H](C(CCO)[Si](C)(C)F)[C@@H]1C. The molecule has 0 spiro atoms. The van der Waals surface area contributed by atoms with Crippen LogP contribution in [0.2, 0.25) is 18.6 Å². The van der Waals surface area contributed by atoms with Gasteiger partial charge in [-0.1, -0.05) is 31.2 Å². The number of amides is 1. The molecule has 7 heteroatoms. The fourth-order valence-electron chi connectivity index (χ4n) is 5.71. The van der Waals surface area contributed by atoms with Crippen LogP contribution in [0.5, 0.6) is 5.75 Å². The Balaban J connectivity index is 1.56. The van der Waals surface area contributed by atoms with Gasteiger partial charge in [-0.3, -0.25) is 9.69 Å². The highest BCUT2D eigenvalue weighted by Gasteiger charge is 2.47. The predicted octanol–water partition coefficient (Wildman–Crippen LogP) is 6.14. The molecule has 0 saturated heterocycles. The predicted molar refractivity (Wildman–Crippen MR) is 134 cm³/mol.